The van der Waals surface area contributed by atoms with Crippen molar-refractivity contribution in [2.24, 2.45) is 7.05 Å². The molecule has 11 heteroatoms. The van der Waals surface area contributed by atoms with Crippen LogP contribution in [0, 0.1) is 0 Å². The molecule has 0 saturated heterocycles. The molecule has 2 aliphatic rings. The van der Waals surface area contributed by atoms with Crippen molar-refractivity contribution >= 4 is 46.4 Å². The molecule has 116 valence electrons. The zero-order valence-electron chi connectivity index (χ0n) is 11.0. The molecule has 0 spiro atoms. The first-order valence-electron chi connectivity index (χ1n) is 5.63. The van der Waals surface area contributed by atoms with Gasteiger partial charge in [-0.3, -0.25) is 0 Å². The zero-order valence-corrected chi connectivity index (χ0v) is 14.0. The summed E-state index contributed by atoms with van der Waals surface area (Å²) < 4.78 is 13.3. The van der Waals surface area contributed by atoms with E-state index in [0.717, 1.165) is 13.9 Å². The highest BCUT2D eigenvalue weighted by atomic mass is 35.5. The molecule has 1 aromatic heterocycles. The second-order valence-corrected chi connectivity index (χ2v) is 6.49. The molecule has 7 nitrogen and oxygen atoms in total. The van der Waals surface area contributed by atoms with Crippen LogP contribution < -0.4 is 11.4 Å². The van der Waals surface area contributed by atoms with Gasteiger partial charge in [-0.1, -0.05) is 46.4 Å². The number of fused-ring (bicyclic) bond motifs is 5. The van der Waals surface area contributed by atoms with Crippen LogP contribution in [0.1, 0.15) is 0 Å². The van der Waals surface area contributed by atoms with Crippen LogP contribution in [-0.2, 0) is 26.5 Å². The molecule has 2 atom stereocenters. The number of halogens is 4. The van der Waals surface area contributed by atoms with Gasteiger partial charge in [-0.15, -0.1) is 0 Å². The van der Waals surface area contributed by atoms with E-state index in [9.17, 15) is 9.59 Å². The van der Waals surface area contributed by atoms with E-state index in [2.05, 4.69) is 0 Å². The van der Waals surface area contributed by atoms with Crippen LogP contribution in [0.4, 0.5) is 0 Å². The monoisotopic (exact) mass is 375 g/mol. The van der Waals surface area contributed by atoms with E-state index in [1.807, 2.05) is 0 Å². The molecule has 1 aliphatic carbocycles. The SMILES string of the molecule is COC1(OC)[C@@]2(Cl)C(Cl)=C(Cl)[C@]1(Cl)n1c(=O)n(C)c(=O)n12. The zero-order chi connectivity index (χ0) is 16.0. The standard InChI is InChI=1S/C10H9Cl4N3O4/c1-15-6(18)16-8(13)4(11)5(12)9(14,17(16)7(15)19)10(8,20-2)21-3/h1-3H3/t8-,9+. The van der Waals surface area contributed by atoms with Crippen molar-refractivity contribution in [1.82, 2.24) is 13.9 Å². The number of nitrogens with zero attached hydrogens (tertiary/aromatic N) is 3. The van der Waals surface area contributed by atoms with Crippen molar-refractivity contribution in [3.05, 3.63) is 31.0 Å². The lowest BCUT2D eigenvalue weighted by Gasteiger charge is -2.38. The highest BCUT2D eigenvalue weighted by molar-refractivity contribution is 6.50. The molecule has 0 amide bonds. The molecule has 21 heavy (non-hydrogen) atoms. The number of rotatable bonds is 2. The van der Waals surface area contributed by atoms with E-state index in [1.165, 1.54) is 21.3 Å². The van der Waals surface area contributed by atoms with Gasteiger partial charge in [0.2, 0.25) is 10.00 Å². The van der Waals surface area contributed by atoms with Gasteiger partial charge < -0.3 is 9.47 Å². The number of alkyl halides is 2. The minimum absolute atomic E-state index is 0.141. The largest absolute Gasteiger partial charge is 0.349 e. The minimum Gasteiger partial charge on any atom is -0.347 e. The molecule has 1 aliphatic heterocycles. The van der Waals surface area contributed by atoms with E-state index >= 15 is 0 Å². The predicted octanol–water partition coefficient (Wildman–Crippen LogP) is 0.837. The second-order valence-electron chi connectivity index (χ2n) is 4.64. The van der Waals surface area contributed by atoms with E-state index in [4.69, 9.17) is 55.9 Å². The smallest absolute Gasteiger partial charge is 0.347 e. The summed E-state index contributed by atoms with van der Waals surface area (Å²) in [5.41, 5.74) is -1.45. The Morgan fingerprint density at radius 1 is 0.905 bits per heavy atom. The first-order valence-corrected chi connectivity index (χ1v) is 7.14. The van der Waals surface area contributed by atoms with Crippen molar-refractivity contribution in [3.8, 4) is 0 Å². The summed E-state index contributed by atoms with van der Waals surface area (Å²) in [6.07, 6.45) is 0. The normalized spacial score (nSPS) is 32.9. The minimum atomic E-state index is -1.89. The lowest BCUT2D eigenvalue weighted by molar-refractivity contribution is -0.240. The topological polar surface area (TPSA) is 67.4 Å². The van der Waals surface area contributed by atoms with E-state index in [-0.39, 0.29) is 10.1 Å². The Hall–Kier alpha value is -0.440. The molecule has 0 aromatic carbocycles. The third-order valence-electron chi connectivity index (χ3n) is 3.94. The second kappa shape index (κ2) is 4.10. The van der Waals surface area contributed by atoms with Crippen molar-refractivity contribution < 1.29 is 9.47 Å². The van der Waals surface area contributed by atoms with Gasteiger partial charge in [-0.05, 0) is 0 Å². The number of hydrogen-bond donors (Lipinski definition) is 0. The van der Waals surface area contributed by atoms with Crippen LogP contribution in [0.15, 0.2) is 19.7 Å². The molecule has 2 heterocycles. The van der Waals surface area contributed by atoms with Crippen LogP contribution >= 0.6 is 46.4 Å². The van der Waals surface area contributed by atoms with Crippen molar-refractivity contribution in [1.29, 1.82) is 0 Å². The lowest BCUT2D eigenvalue weighted by Crippen LogP contribution is -2.57. The molecule has 2 bridgehead atoms. The fraction of sp³-hybridized carbons (Fsp3) is 0.600. The number of aromatic nitrogens is 3. The Balaban J connectivity index is 2.59. The Labute approximate surface area is 138 Å². The van der Waals surface area contributed by atoms with Crippen LogP contribution in [0.3, 0.4) is 0 Å². The Morgan fingerprint density at radius 2 is 1.24 bits per heavy atom. The van der Waals surface area contributed by atoms with Crippen LogP contribution in [-0.4, -0.2) is 33.9 Å². The molecule has 0 N–H and O–H groups in total. The van der Waals surface area contributed by atoms with Crippen molar-refractivity contribution in [2.75, 3.05) is 14.2 Å². The van der Waals surface area contributed by atoms with Gasteiger partial charge in [0.15, 0.2) is 0 Å². The number of methoxy groups -OCH3 is 2. The first kappa shape index (κ1) is 15.5. The van der Waals surface area contributed by atoms with Gasteiger partial charge in [0.1, 0.15) is 0 Å². The maximum Gasteiger partial charge on any atom is 0.349 e. The quantitative estimate of drug-likeness (QED) is 0.566. The maximum absolute atomic E-state index is 12.3. The number of hydrogen-bond acceptors (Lipinski definition) is 4. The van der Waals surface area contributed by atoms with E-state index < -0.39 is 27.2 Å². The Bertz CT molecular complexity index is 745. The average molecular weight is 377 g/mol. The highest BCUT2D eigenvalue weighted by Gasteiger charge is 2.82. The summed E-state index contributed by atoms with van der Waals surface area (Å²) >= 11 is 25.5. The summed E-state index contributed by atoms with van der Waals surface area (Å²) in [4.78, 5) is 20.8. The molecule has 0 fully saturated rings. The average Bonchev–Trinajstić information content (AvgIpc) is 2.85. The van der Waals surface area contributed by atoms with E-state index in [1.54, 1.807) is 0 Å². The summed E-state index contributed by atoms with van der Waals surface area (Å²) in [6, 6.07) is 0. The molecule has 3 rings (SSSR count). The third kappa shape index (κ3) is 1.18. The van der Waals surface area contributed by atoms with Crippen LogP contribution in [0.5, 0.6) is 0 Å². The van der Waals surface area contributed by atoms with Gasteiger partial charge in [0.05, 0.1) is 10.1 Å². The van der Waals surface area contributed by atoms with Gasteiger partial charge in [0, 0.05) is 21.3 Å². The van der Waals surface area contributed by atoms with E-state index in [0.29, 0.717) is 0 Å². The third-order valence-corrected chi connectivity index (χ3v) is 6.35. The van der Waals surface area contributed by atoms with Gasteiger partial charge in [-0.25, -0.2) is 14.2 Å². The van der Waals surface area contributed by atoms with Gasteiger partial charge >= 0.3 is 11.4 Å². The molecular weight excluding hydrogens is 368 g/mol. The van der Waals surface area contributed by atoms with Crippen LogP contribution in [0.2, 0.25) is 0 Å². The molecule has 0 unspecified atom stereocenters. The summed E-state index contributed by atoms with van der Waals surface area (Å²) in [5.74, 6) is -1.86. The van der Waals surface area contributed by atoms with Crippen LogP contribution in [0.25, 0.3) is 0 Å². The highest BCUT2D eigenvalue weighted by Crippen LogP contribution is 2.68. The number of ether oxygens (including phenoxy) is 2. The molecule has 0 saturated carbocycles. The van der Waals surface area contributed by atoms with Gasteiger partial charge in [0.25, 0.3) is 5.79 Å². The molecule has 0 radical (unpaired) electrons. The summed E-state index contributed by atoms with van der Waals surface area (Å²) in [7, 11) is 3.81. The van der Waals surface area contributed by atoms with Crippen molar-refractivity contribution in [2.45, 2.75) is 15.8 Å². The summed E-state index contributed by atoms with van der Waals surface area (Å²) in [6.45, 7) is 0. The summed E-state index contributed by atoms with van der Waals surface area (Å²) in [5, 5.41) is -0.283. The fourth-order valence-electron chi connectivity index (χ4n) is 2.96. The van der Waals surface area contributed by atoms with Gasteiger partial charge in [-0.2, -0.15) is 9.36 Å². The fourth-order valence-corrected chi connectivity index (χ4v) is 4.86. The Kier molecular flexibility index (Phi) is 3.01. The first-order chi connectivity index (χ1) is 9.66. The molecular formula is C10H9Cl4N3O4. The lowest BCUT2D eigenvalue weighted by atomic mass is 10.1. The molecule has 1 aromatic rings. The Morgan fingerprint density at radius 3 is 1.52 bits per heavy atom. The van der Waals surface area contributed by atoms with Crippen molar-refractivity contribution in [3.63, 3.8) is 0 Å². The predicted molar refractivity (Wildman–Crippen MR) is 77.1 cm³/mol. The maximum atomic E-state index is 12.3.